The molecule has 1 aromatic carbocycles. The number of hydrogen-bond acceptors (Lipinski definition) is 2. The predicted octanol–water partition coefficient (Wildman–Crippen LogP) is 4.07. The van der Waals surface area contributed by atoms with Gasteiger partial charge in [0, 0.05) is 35.3 Å². The Bertz CT molecular complexity index is 474. The maximum atomic E-state index is 3.61. The van der Waals surface area contributed by atoms with Crippen molar-refractivity contribution in [2.75, 3.05) is 24.5 Å². The van der Waals surface area contributed by atoms with Crippen LogP contribution in [0.4, 0.5) is 5.69 Å². The molecule has 2 aliphatic rings. The molecule has 0 aromatic heterocycles. The van der Waals surface area contributed by atoms with Gasteiger partial charge in [0.15, 0.2) is 0 Å². The standard InChI is InChI=1S/C17H25BrN2/c1-3-13-10-14(18)7-8-17(13)20-12-16-6-5-9-19(16)11-15(20)4-2/h7-8,10,15-16H,3-6,9,11-12H2,1-2H3. The molecule has 0 bridgehead atoms. The molecule has 3 rings (SSSR count). The first-order valence-corrected chi connectivity index (χ1v) is 8.81. The van der Waals surface area contributed by atoms with Crippen LogP contribution in [0.3, 0.4) is 0 Å². The molecule has 20 heavy (non-hydrogen) atoms. The van der Waals surface area contributed by atoms with Gasteiger partial charge in [0.1, 0.15) is 0 Å². The van der Waals surface area contributed by atoms with Crippen molar-refractivity contribution in [3.8, 4) is 0 Å². The number of halogens is 1. The molecule has 110 valence electrons. The molecule has 0 saturated carbocycles. The Balaban J connectivity index is 1.90. The number of anilines is 1. The Kier molecular flexibility index (Phi) is 4.37. The van der Waals surface area contributed by atoms with E-state index in [2.05, 4.69) is 57.8 Å². The molecule has 0 radical (unpaired) electrons. The van der Waals surface area contributed by atoms with E-state index in [0.29, 0.717) is 6.04 Å². The van der Waals surface area contributed by atoms with Gasteiger partial charge < -0.3 is 4.90 Å². The molecule has 2 unspecified atom stereocenters. The van der Waals surface area contributed by atoms with Crippen LogP contribution in [0.1, 0.15) is 38.7 Å². The first-order chi connectivity index (χ1) is 9.72. The first-order valence-electron chi connectivity index (χ1n) is 8.02. The van der Waals surface area contributed by atoms with E-state index in [1.807, 2.05) is 0 Å². The SMILES string of the molecule is CCc1cc(Br)ccc1N1CC2CCCN2CC1CC. The van der Waals surface area contributed by atoms with Crippen LogP contribution in [-0.2, 0) is 6.42 Å². The molecule has 0 N–H and O–H groups in total. The van der Waals surface area contributed by atoms with E-state index in [1.165, 1.54) is 54.6 Å². The summed E-state index contributed by atoms with van der Waals surface area (Å²) in [6.45, 7) is 8.38. The van der Waals surface area contributed by atoms with E-state index >= 15 is 0 Å². The summed E-state index contributed by atoms with van der Waals surface area (Å²) in [6.07, 6.45) is 5.11. The van der Waals surface area contributed by atoms with Gasteiger partial charge in [-0.1, -0.05) is 29.8 Å². The van der Waals surface area contributed by atoms with Crippen LogP contribution in [0.5, 0.6) is 0 Å². The summed E-state index contributed by atoms with van der Waals surface area (Å²) in [5, 5.41) is 0. The van der Waals surface area contributed by atoms with Crippen LogP contribution in [0.2, 0.25) is 0 Å². The fourth-order valence-corrected chi connectivity index (χ4v) is 4.26. The lowest BCUT2D eigenvalue weighted by atomic mass is 10.0. The zero-order valence-corrected chi connectivity index (χ0v) is 14.2. The molecule has 1 aromatic rings. The maximum Gasteiger partial charge on any atom is 0.0415 e. The van der Waals surface area contributed by atoms with Crippen molar-refractivity contribution in [3.63, 3.8) is 0 Å². The molecule has 2 atom stereocenters. The molecule has 2 fully saturated rings. The second-order valence-corrected chi connectivity index (χ2v) is 7.05. The third-order valence-corrected chi connectivity index (χ3v) is 5.49. The van der Waals surface area contributed by atoms with E-state index in [9.17, 15) is 0 Å². The lowest BCUT2D eigenvalue weighted by Crippen LogP contribution is -2.56. The van der Waals surface area contributed by atoms with Crippen LogP contribution in [0.25, 0.3) is 0 Å². The van der Waals surface area contributed by atoms with Gasteiger partial charge in [-0.25, -0.2) is 0 Å². The van der Waals surface area contributed by atoms with Crippen molar-refractivity contribution in [1.29, 1.82) is 0 Å². The first kappa shape index (κ1) is 14.4. The third-order valence-electron chi connectivity index (χ3n) is 5.00. The maximum absolute atomic E-state index is 3.61. The number of aryl methyl sites for hydroxylation is 1. The molecule has 0 aliphatic carbocycles. The second kappa shape index (κ2) is 6.07. The zero-order valence-electron chi connectivity index (χ0n) is 12.6. The number of benzene rings is 1. The smallest absolute Gasteiger partial charge is 0.0415 e. The summed E-state index contributed by atoms with van der Waals surface area (Å²) in [5.74, 6) is 0. The summed E-state index contributed by atoms with van der Waals surface area (Å²) in [4.78, 5) is 5.41. The van der Waals surface area contributed by atoms with E-state index in [-0.39, 0.29) is 0 Å². The quantitative estimate of drug-likeness (QED) is 0.820. The Labute approximate surface area is 131 Å². The Morgan fingerprint density at radius 2 is 2.10 bits per heavy atom. The van der Waals surface area contributed by atoms with Gasteiger partial charge in [-0.15, -0.1) is 0 Å². The van der Waals surface area contributed by atoms with Crippen molar-refractivity contribution in [2.24, 2.45) is 0 Å². The van der Waals surface area contributed by atoms with Crippen LogP contribution in [0, 0.1) is 0 Å². The normalized spacial score (nSPS) is 26.9. The molecular weight excluding hydrogens is 312 g/mol. The molecular formula is C17H25BrN2. The van der Waals surface area contributed by atoms with Crippen molar-refractivity contribution in [2.45, 2.75) is 51.6 Å². The van der Waals surface area contributed by atoms with E-state index < -0.39 is 0 Å². The van der Waals surface area contributed by atoms with Crippen LogP contribution >= 0.6 is 15.9 Å². The topological polar surface area (TPSA) is 6.48 Å². The van der Waals surface area contributed by atoms with Gasteiger partial charge in [-0.3, -0.25) is 4.90 Å². The molecule has 2 nitrogen and oxygen atoms in total. The third kappa shape index (κ3) is 2.62. The minimum atomic E-state index is 0.677. The summed E-state index contributed by atoms with van der Waals surface area (Å²) in [6, 6.07) is 8.27. The molecule has 2 heterocycles. The fourth-order valence-electron chi connectivity index (χ4n) is 3.85. The van der Waals surface area contributed by atoms with E-state index in [4.69, 9.17) is 0 Å². The largest absolute Gasteiger partial charge is 0.365 e. The highest BCUT2D eigenvalue weighted by molar-refractivity contribution is 9.10. The molecule has 0 amide bonds. The van der Waals surface area contributed by atoms with E-state index in [0.717, 1.165) is 12.5 Å². The minimum Gasteiger partial charge on any atom is -0.365 e. The van der Waals surface area contributed by atoms with Crippen LogP contribution < -0.4 is 4.90 Å². The van der Waals surface area contributed by atoms with Gasteiger partial charge >= 0.3 is 0 Å². The number of fused-ring (bicyclic) bond motifs is 1. The average Bonchev–Trinajstić information content (AvgIpc) is 2.92. The molecule has 3 heteroatoms. The lowest BCUT2D eigenvalue weighted by molar-refractivity contribution is 0.194. The zero-order chi connectivity index (χ0) is 14.1. The molecule has 2 saturated heterocycles. The number of hydrogen-bond donors (Lipinski definition) is 0. The Morgan fingerprint density at radius 1 is 1.25 bits per heavy atom. The summed E-state index contributed by atoms with van der Waals surface area (Å²) in [5.41, 5.74) is 2.94. The van der Waals surface area contributed by atoms with Gasteiger partial charge in [0.05, 0.1) is 0 Å². The predicted molar refractivity (Wildman–Crippen MR) is 89.5 cm³/mol. The second-order valence-electron chi connectivity index (χ2n) is 6.13. The van der Waals surface area contributed by atoms with Crippen LogP contribution in [-0.4, -0.2) is 36.6 Å². The number of rotatable bonds is 3. The summed E-state index contributed by atoms with van der Waals surface area (Å²) in [7, 11) is 0. The number of piperazine rings is 1. The highest BCUT2D eigenvalue weighted by Crippen LogP contribution is 2.33. The van der Waals surface area contributed by atoms with Gasteiger partial charge in [-0.2, -0.15) is 0 Å². The number of nitrogens with zero attached hydrogens (tertiary/aromatic N) is 2. The Hall–Kier alpha value is -0.540. The van der Waals surface area contributed by atoms with Crippen molar-refractivity contribution >= 4 is 21.6 Å². The van der Waals surface area contributed by atoms with Crippen LogP contribution in [0.15, 0.2) is 22.7 Å². The molecule has 2 aliphatic heterocycles. The molecule has 0 spiro atoms. The summed E-state index contributed by atoms with van der Waals surface area (Å²) >= 11 is 3.61. The highest BCUT2D eigenvalue weighted by Gasteiger charge is 2.36. The van der Waals surface area contributed by atoms with Crippen molar-refractivity contribution in [3.05, 3.63) is 28.2 Å². The van der Waals surface area contributed by atoms with Crippen molar-refractivity contribution < 1.29 is 0 Å². The van der Waals surface area contributed by atoms with Gasteiger partial charge in [-0.05, 0) is 56.0 Å². The fraction of sp³-hybridized carbons (Fsp3) is 0.647. The monoisotopic (exact) mass is 336 g/mol. The van der Waals surface area contributed by atoms with Gasteiger partial charge in [0.25, 0.3) is 0 Å². The average molecular weight is 337 g/mol. The van der Waals surface area contributed by atoms with Gasteiger partial charge in [0.2, 0.25) is 0 Å². The Morgan fingerprint density at radius 3 is 2.85 bits per heavy atom. The minimum absolute atomic E-state index is 0.677. The highest BCUT2D eigenvalue weighted by atomic mass is 79.9. The van der Waals surface area contributed by atoms with Crippen molar-refractivity contribution in [1.82, 2.24) is 4.90 Å². The van der Waals surface area contributed by atoms with E-state index in [1.54, 1.807) is 0 Å². The summed E-state index contributed by atoms with van der Waals surface area (Å²) < 4.78 is 1.20. The lowest BCUT2D eigenvalue weighted by Gasteiger charge is -2.45.